The van der Waals surface area contributed by atoms with Crippen molar-refractivity contribution in [2.75, 3.05) is 14.2 Å². The van der Waals surface area contributed by atoms with Gasteiger partial charge in [-0.15, -0.1) is 0 Å². The minimum absolute atomic E-state index is 0.274. The van der Waals surface area contributed by atoms with Crippen LogP contribution in [0.2, 0.25) is 0 Å². The lowest BCUT2D eigenvalue weighted by Crippen LogP contribution is -2.39. The summed E-state index contributed by atoms with van der Waals surface area (Å²) < 4.78 is 10.9. The first-order valence-electron chi connectivity index (χ1n) is 6.77. The molecule has 1 aliphatic carbocycles. The van der Waals surface area contributed by atoms with Crippen molar-refractivity contribution < 1.29 is 9.47 Å². The van der Waals surface area contributed by atoms with Crippen LogP contribution in [0.15, 0.2) is 0 Å². The fourth-order valence-electron chi connectivity index (χ4n) is 2.47. The van der Waals surface area contributed by atoms with Gasteiger partial charge >= 0.3 is 0 Å². The topological polar surface area (TPSA) is 18.5 Å². The number of methoxy groups -OCH3 is 2. The predicted molar refractivity (Wildman–Crippen MR) is 69.5 cm³/mol. The van der Waals surface area contributed by atoms with E-state index >= 15 is 0 Å². The van der Waals surface area contributed by atoms with Crippen LogP contribution in [0.5, 0.6) is 0 Å². The third-order valence-corrected chi connectivity index (χ3v) is 3.98. The first kappa shape index (κ1) is 15.9. The standard InChI is InChI=1S/C12H24O2.C2H6/c1-5-10(2)11-6-8-12(13-3,14-4)9-7-11;1-2/h10-11H,5-9H2,1-4H3;1-2H3. The molecule has 0 N–H and O–H groups in total. The van der Waals surface area contributed by atoms with Gasteiger partial charge in [0.15, 0.2) is 5.79 Å². The van der Waals surface area contributed by atoms with E-state index in [9.17, 15) is 0 Å². The minimum atomic E-state index is -0.274. The van der Waals surface area contributed by atoms with Crippen LogP contribution in [0, 0.1) is 11.8 Å². The van der Waals surface area contributed by atoms with Crippen molar-refractivity contribution in [2.24, 2.45) is 11.8 Å². The highest BCUT2D eigenvalue weighted by Crippen LogP contribution is 2.38. The van der Waals surface area contributed by atoms with Gasteiger partial charge < -0.3 is 9.47 Å². The monoisotopic (exact) mass is 230 g/mol. The molecular formula is C14H30O2. The predicted octanol–water partition coefficient (Wildman–Crippen LogP) is 4.24. The molecule has 1 fully saturated rings. The molecule has 0 aromatic heterocycles. The highest BCUT2D eigenvalue weighted by atomic mass is 16.7. The third kappa shape index (κ3) is 4.06. The number of hydrogen-bond donors (Lipinski definition) is 0. The third-order valence-electron chi connectivity index (χ3n) is 3.98. The van der Waals surface area contributed by atoms with Gasteiger partial charge in [-0.3, -0.25) is 0 Å². The molecule has 1 aliphatic rings. The normalized spacial score (nSPS) is 22.1. The zero-order valence-corrected chi connectivity index (χ0v) is 12.0. The highest BCUT2D eigenvalue weighted by molar-refractivity contribution is 4.81. The summed E-state index contributed by atoms with van der Waals surface area (Å²) in [5, 5.41) is 0. The zero-order chi connectivity index (χ0) is 12.6. The highest BCUT2D eigenvalue weighted by Gasteiger charge is 2.36. The lowest BCUT2D eigenvalue weighted by molar-refractivity contribution is -0.229. The Morgan fingerprint density at radius 1 is 1.12 bits per heavy atom. The Morgan fingerprint density at radius 3 is 1.88 bits per heavy atom. The molecule has 0 bridgehead atoms. The van der Waals surface area contributed by atoms with Crippen molar-refractivity contribution >= 4 is 0 Å². The second kappa shape index (κ2) is 8.08. The molecule has 2 heteroatoms. The Hall–Kier alpha value is -0.0800. The summed E-state index contributed by atoms with van der Waals surface area (Å²) in [6, 6.07) is 0. The molecule has 0 spiro atoms. The maximum atomic E-state index is 5.47. The van der Waals surface area contributed by atoms with Gasteiger partial charge in [0.25, 0.3) is 0 Å². The molecule has 0 saturated heterocycles. The molecule has 16 heavy (non-hydrogen) atoms. The van der Waals surface area contributed by atoms with Gasteiger partial charge in [0.1, 0.15) is 0 Å². The minimum Gasteiger partial charge on any atom is -0.353 e. The van der Waals surface area contributed by atoms with Crippen LogP contribution < -0.4 is 0 Å². The summed E-state index contributed by atoms with van der Waals surface area (Å²) >= 11 is 0. The summed E-state index contributed by atoms with van der Waals surface area (Å²) in [6.07, 6.45) is 5.88. The first-order chi connectivity index (χ1) is 7.67. The molecule has 1 saturated carbocycles. The van der Waals surface area contributed by atoms with Crippen LogP contribution in [0.1, 0.15) is 59.8 Å². The first-order valence-corrected chi connectivity index (χ1v) is 6.77. The summed E-state index contributed by atoms with van der Waals surface area (Å²) in [6.45, 7) is 8.64. The fourth-order valence-corrected chi connectivity index (χ4v) is 2.47. The van der Waals surface area contributed by atoms with Crippen molar-refractivity contribution in [2.45, 2.75) is 65.6 Å². The molecule has 98 valence electrons. The summed E-state index contributed by atoms with van der Waals surface area (Å²) in [5.74, 6) is 1.45. The van der Waals surface area contributed by atoms with E-state index in [1.807, 2.05) is 13.8 Å². The van der Waals surface area contributed by atoms with Crippen LogP contribution in [0.3, 0.4) is 0 Å². The van der Waals surface area contributed by atoms with Crippen LogP contribution in [0.4, 0.5) is 0 Å². The maximum absolute atomic E-state index is 5.47. The molecule has 0 aromatic rings. The van der Waals surface area contributed by atoms with Crippen LogP contribution in [-0.2, 0) is 9.47 Å². The van der Waals surface area contributed by atoms with E-state index in [-0.39, 0.29) is 5.79 Å². The lowest BCUT2D eigenvalue weighted by Gasteiger charge is -2.39. The van der Waals surface area contributed by atoms with Crippen molar-refractivity contribution in [3.63, 3.8) is 0 Å². The molecular weight excluding hydrogens is 200 g/mol. The van der Waals surface area contributed by atoms with Gasteiger partial charge in [0.05, 0.1) is 0 Å². The van der Waals surface area contributed by atoms with E-state index in [0.29, 0.717) is 0 Å². The van der Waals surface area contributed by atoms with Crippen LogP contribution in [-0.4, -0.2) is 20.0 Å². The van der Waals surface area contributed by atoms with Crippen molar-refractivity contribution in [3.8, 4) is 0 Å². The lowest BCUT2D eigenvalue weighted by atomic mass is 9.77. The molecule has 0 aromatic carbocycles. The van der Waals surface area contributed by atoms with Gasteiger partial charge in [-0.05, 0) is 24.7 Å². The summed E-state index contributed by atoms with van der Waals surface area (Å²) in [7, 11) is 3.51. The van der Waals surface area contributed by atoms with Gasteiger partial charge in [0, 0.05) is 27.1 Å². The summed E-state index contributed by atoms with van der Waals surface area (Å²) in [4.78, 5) is 0. The molecule has 2 nitrogen and oxygen atoms in total. The smallest absolute Gasteiger partial charge is 0.167 e. The van der Waals surface area contributed by atoms with E-state index in [1.165, 1.54) is 19.3 Å². The Morgan fingerprint density at radius 2 is 1.56 bits per heavy atom. The van der Waals surface area contributed by atoms with E-state index in [0.717, 1.165) is 24.7 Å². The van der Waals surface area contributed by atoms with Gasteiger partial charge in [-0.2, -0.15) is 0 Å². The molecule has 1 unspecified atom stereocenters. The molecule has 0 amide bonds. The number of hydrogen-bond acceptors (Lipinski definition) is 2. The fraction of sp³-hybridized carbons (Fsp3) is 1.00. The number of ether oxygens (including phenoxy) is 2. The van der Waals surface area contributed by atoms with Gasteiger partial charge in [-0.1, -0.05) is 34.1 Å². The quantitative estimate of drug-likeness (QED) is 0.673. The second-order valence-electron chi connectivity index (χ2n) is 4.54. The van der Waals surface area contributed by atoms with Crippen molar-refractivity contribution in [1.82, 2.24) is 0 Å². The van der Waals surface area contributed by atoms with Gasteiger partial charge in [0.2, 0.25) is 0 Å². The Kier molecular flexibility index (Phi) is 8.04. The van der Waals surface area contributed by atoms with Crippen molar-refractivity contribution in [3.05, 3.63) is 0 Å². The van der Waals surface area contributed by atoms with Crippen LogP contribution >= 0.6 is 0 Å². The zero-order valence-electron chi connectivity index (χ0n) is 12.0. The SMILES string of the molecule is CC.CCC(C)C1CCC(OC)(OC)CC1. The molecule has 0 radical (unpaired) electrons. The van der Waals surface area contributed by atoms with Gasteiger partial charge in [-0.25, -0.2) is 0 Å². The summed E-state index contributed by atoms with van der Waals surface area (Å²) in [5.41, 5.74) is 0. The maximum Gasteiger partial charge on any atom is 0.167 e. The Labute approximate surface area is 102 Å². The largest absolute Gasteiger partial charge is 0.353 e. The van der Waals surface area contributed by atoms with Crippen LogP contribution in [0.25, 0.3) is 0 Å². The van der Waals surface area contributed by atoms with Crippen molar-refractivity contribution in [1.29, 1.82) is 0 Å². The Balaban J connectivity index is 0.00000106. The average Bonchev–Trinajstić information content (AvgIpc) is 2.40. The molecule has 0 aliphatic heterocycles. The Bertz CT molecular complexity index is 154. The molecule has 0 heterocycles. The van der Waals surface area contributed by atoms with E-state index in [1.54, 1.807) is 14.2 Å². The average molecular weight is 230 g/mol. The molecule has 1 atom stereocenters. The second-order valence-corrected chi connectivity index (χ2v) is 4.54. The van der Waals surface area contributed by atoms with E-state index in [2.05, 4.69) is 13.8 Å². The van der Waals surface area contributed by atoms with E-state index < -0.39 is 0 Å². The number of rotatable bonds is 4. The molecule has 1 rings (SSSR count). The van der Waals surface area contributed by atoms with E-state index in [4.69, 9.17) is 9.47 Å².